The molecule has 0 bridgehead atoms. The van der Waals surface area contributed by atoms with Gasteiger partial charge in [0.2, 0.25) is 0 Å². The molecule has 2 atom stereocenters. The molecule has 0 aromatic heterocycles. The summed E-state index contributed by atoms with van der Waals surface area (Å²) in [7, 11) is 0. The first-order valence-corrected chi connectivity index (χ1v) is 4.51. The van der Waals surface area contributed by atoms with Crippen molar-refractivity contribution in [2.75, 3.05) is 0 Å². The van der Waals surface area contributed by atoms with Crippen LogP contribution in [0.1, 0.15) is 39.5 Å². The van der Waals surface area contributed by atoms with Crippen LogP contribution in [0.3, 0.4) is 0 Å². The second-order valence-electron chi connectivity index (χ2n) is 3.65. The molecule has 2 unspecified atom stereocenters. The highest BCUT2D eigenvalue weighted by Crippen LogP contribution is 2.38. The molecule has 1 aliphatic carbocycles. The zero-order valence-electron chi connectivity index (χ0n) is 7.14. The van der Waals surface area contributed by atoms with E-state index in [1.165, 1.54) is 25.7 Å². The van der Waals surface area contributed by atoms with E-state index >= 15 is 0 Å². The summed E-state index contributed by atoms with van der Waals surface area (Å²) in [4.78, 5) is 0. The van der Waals surface area contributed by atoms with Crippen molar-refractivity contribution in [3.63, 3.8) is 0 Å². The molecule has 0 saturated heterocycles. The Kier molecular flexibility index (Phi) is 2.72. The third kappa shape index (κ3) is 1.98. The molecule has 1 rings (SSSR count). The molecule has 0 aromatic carbocycles. The summed E-state index contributed by atoms with van der Waals surface area (Å²) >= 11 is 0. The Hall–Kier alpha value is -0.0400. The standard InChI is InChI=1S/C9H19N/c1-3-4-9(10)7(2)8-5-6-8/h7-9H,3-6,10H2,1-2H3. The van der Waals surface area contributed by atoms with Crippen LogP contribution in [0.15, 0.2) is 0 Å². The molecular formula is C9H19N. The molecule has 1 fully saturated rings. The smallest absolute Gasteiger partial charge is 0.00670 e. The Balaban J connectivity index is 2.17. The van der Waals surface area contributed by atoms with E-state index in [0.29, 0.717) is 6.04 Å². The van der Waals surface area contributed by atoms with Gasteiger partial charge in [-0.25, -0.2) is 0 Å². The maximum absolute atomic E-state index is 5.97. The van der Waals surface area contributed by atoms with Crippen LogP contribution in [0.4, 0.5) is 0 Å². The van der Waals surface area contributed by atoms with Gasteiger partial charge in [0.25, 0.3) is 0 Å². The molecule has 1 heteroatoms. The van der Waals surface area contributed by atoms with E-state index < -0.39 is 0 Å². The highest BCUT2D eigenvalue weighted by molar-refractivity contribution is 4.84. The van der Waals surface area contributed by atoms with Crippen molar-refractivity contribution < 1.29 is 0 Å². The van der Waals surface area contributed by atoms with Gasteiger partial charge >= 0.3 is 0 Å². The number of hydrogen-bond acceptors (Lipinski definition) is 1. The normalized spacial score (nSPS) is 24.3. The zero-order valence-corrected chi connectivity index (χ0v) is 7.14. The average Bonchev–Trinajstić information content (AvgIpc) is 2.68. The van der Waals surface area contributed by atoms with Crippen LogP contribution >= 0.6 is 0 Å². The first-order chi connectivity index (χ1) is 4.75. The lowest BCUT2D eigenvalue weighted by atomic mass is 9.94. The highest BCUT2D eigenvalue weighted by Gasteiger charge is 2.30. The molecule has 0 amide bonds. The predicted octanol–water partition coefficient (Wildman–Crippen LogP) is 2.16. The quantitative estimate of drug-likeness (QED) is 0.638. The van der Waals surface area contributed by atoms with Gasteiger partial charge in [0.1, 0.15) is 0 Å². The van der Waals surface area contributed by atoms with Crippen molar-refractivity contribution in [3.8, 4) is 0 Å². The molecule has 1 saturated carbocycles. The third-order valence-electron chi connectivity index (χ3n) is 2.66. The second-order valence-corrected chi connectivity index (χ2v) is 3.65. The van der Waals surface area contributed by atoms with Gasteiger partial charge in [-0.05, 0) is 31.1 Å². The van der Waals surface area contributed by atoms with Crippen LogP contribution in [0.5, 0.6) is 0 Å². The third-order valence-corrected chi connectivity index (χ3v) is 2.66. The molecule has 2 N–H and O–H groups in total. The lowest BCUT2D eigenvalue weighted by molar-refractivity contribution is 0.385. The molecule has 0 heterocycles. The fraction of sp³-hybridized carbons (Fsp3) is 1.00. The average molecular weight is 141 g/mol. The highest BCUT2D eigenvalue weighted by atomic mass is 14.7. The summed E-state index contributed by atoms with van der Waals surface area (Å²) in [5.74, 6) is 1.75. The van der Waals surface area contributed by atoms with Crippen LogP contribution in [0.25, 0.3) is 0 Å². The van der Waals surface area contributed by atoms with Gasteiger partial charge in [-0.3, -0.25) is 0 Å². The maximum atomic E-state index is 5.97. The molecule has 1 nitrogen and oxygen atoms in total. The van der Waals surface area contributed by atoms with Gasteiger partial charge < -0.3 is 5.73 Å². The molecule has 60 valence electrons. The van der Waals surface area contributed by atoms with Gasteiger partial charge in [-0.2, -0.15) is 0 Å². The summed E-state index contributed by atoms with van der Waals surface area (Å²) in [5, 5.41) is 0. The van der Waals surface area contributed by atoms with E-state index in [-0.39, 0.29) is 0 Å². The Morgan fingerprint density at radius 3 is 2.50 bits per heavy atom. The Morgan fingerprint density at radius 2 is 2.10 bits per heavy atom. The van der Waals surface area contributed by atoms with E-state index in [1.54, 1.807) is 0 Å². The predicted molar refractivity (Wildman–Crippen MR) is 44.8 cm³/mol. The van der Waals surface area contributed by atoms with Crippen molar-refractivity contribution in [1.29, 1.82) is 0 Å². The van der Waals surface area contributed by atoms with Gasteiger partial charge in [0.15, 0.2) is 0 Å². The van der Waals surface area contributed by atoms with Gasteiger partial charge in [-0.15, -0.1) is 0 Å². The summed E-state index contributed by atoms with van der Waals surface area (Å²) < 4.78 is 0. The summed E-state index contributed by atoms with van der Waals surface area (Å²) in [6.07, 6.45) is 5.30. The molecular weight excluding hydrogens is 122 g/mol. The Labute approximate surface area is 64.0 Å². The van der Waals surface area contributed by atoms with E-state index in [9.17, 15) is 0 Å². The fourth-order valence-electron chi connectivity index (χ4n) is 1.57. The van der Waals surface area contributed by atoms with E-state index in [4.69, 9.17) is 5.73 Å². The molecule has 0 radical (unpaired) electrons. The monoisotopic (exact) mass is 141 g/mol. The van der Waals surface area contributed by atoms with Crippen LogP contribution in [0.2, 0.25) is 0 Å². The van der Waals surface area contributed by atoms with Crippen molar-refractivity contribution in [2.24, 2.45) is 17.6 Å². The van der Waals surface area contributed by atoms with Crippen LogP contribution in [-0.2, 0) is 0 Å². The van der Waals surface area contributed by atoms with Gasteiger partial charge in [0.05, 0.1) is 0 Å². The SMILES string of the molecule is CCCC(N)C(C)C1CC1. The summed E-state index contributed by atoms with van der Waals surface area (Å²) in [6.45, 7) is 4.51. The molecule has 0 spiro atoms. The largest absolute Gasteiger partial charge is 0.327 e. The topological polar surface area (TPSA) is 26.0 Å². The summed E-state index contributed by atoms with van der Waals surface area (Å²) in [5.41, 5.74) is 5.97. The molecule has 0 aliphatic heterocycles. The van der Waals surface area contributed by atoms with Crippen molar-refractivity contribution >= 4 is 0 Å². The van der Waals surface area contributed by atoms with E-state index in [2.05, 4.69) is 13.8 Å². The maximum Gasteiger partial charge on any atom is 0.00670 e. The second kappa shape index (κ2) is 3.38. The number of hydrogen-bond donors (Lipinski definition) is 1. The Bertz CT molecular complexity index is 96.9. The lowest BCUT2D eigenvalue weighted by Gasteiger charge is -2.18. The van der Waals surface area contributed by atoms with Crippen molar-refractivity contribution in [3.05, 3.63) is 0 Å². The Morgan fingerprint density at radius 1 is 1.50 bits per heavy atom. The minimum absolute atomic E-state index is 0.470. The van der Waals surface area contributed by atoms with Crippen LogP contribution in [0, 0.1) is 11.8 Å². The molecule has 10 heavy (non-hydrogen) atoms. The fourth-order valence-corrected chi connectivity index (χ4v) is 1.57. The van der Waals surface area contributed by atoms with Crippen LogP contribution in [-0.4, -0.2) is 6.04 Å². The van der Waals surface area contributed by atoms with Crippen LogP contribution < -0.4 is 5.73 Å². The molecule has 0 aromatic rings. The first-order valence-electron chi connectivity index (χ1n) is 4.51. The van der Waals surface area contributed by atoms with E-state index in [1.807, 2.05) is 0 Å². The van der Waals surface area contributed by atoms with Gasteiger partial charge in [-0.1, -0.05) is 20.3 Å². The molecule has 1 aliphatic rings. The van der Waals surface area contributed by atoms with Crippen molar-refractivity contribution in [2.45, 2.75) is 45.6 Å². The minimum atomic E-state index is 0.470. The zero-order chi connectivity index (χ0) is 7.56. The van der Waals surface area contributed by atoms with Crippen molar-refractivity contribution in [1.82, 2.24) is 0 Å². The van der Waals surface area contributed by atoms with Gasteiger partial charge in [0, 0.05) is 6.04 Å². The number of nitrogens with two attached hydrogens (primary N) is 1. The lowest BCUT2D eigenvalue weighted by Crippen LogP contribution is -2.29. The first kappa shape index (κ1) is 8.06. The number of rotatable bonds is 4. The van der Waals surface area contributed by atoms with E-state index in [0.717, 1.165) is 11.8 Å². The summed E-state index contributed by atoms with van der Waals surface area (Å²) in [6, 6.07) is 0.470. The minimum Gasteiger partial charge on any atom is -0.327 e.